The molecule has 0 saturated heterocycles. The molecule has 0 aliphatic rings. The molecule has 0 aromatic heterocycles. The summed E-state index contributed by atoms with van der Waals surface area (Å²) < 4.78 is 5.14. The Balaban J connectivity index is 1.85. The zero-order chi connectivity index (χ0) is 18.2. The lowest BCUT2D eigenvalue weighted by Gasteiger charge is -2.08. The van der Waals surface area contributed by atoms with Crippen molar-refractivity contribution in [3.8, 4) is 5.75 Å². The Morgan fingerprint density at radius 1 is 1.00 bits per heavy atom. The van der Waals surface area contributed by atoms with E-state index in [1.54, 1.807) is 25.3 Å². The first kappa shape index (κ1) is 18.2. The van der Waals surface area contributed by atoms with Crippen LogP contribution >= 0.6 is 0 Å². The average Bonchev–Trinajstić information content (AvgIpc) is 2.62. The molecule has 0 radical (unpaired) electrons. The Morgan fingerprint density at radius 3 is 2.48 bits per heavy atom. The number of hydrogen-bond donors (Lipinski definition) is 2. The van der Waals surface area contributed by atoms with E-state index in [2.05, 4.69) is 10.6 Å². The van der Waals surface area contributed by atoms with E-state index in [1.165, 1.54) is 13.0 Å². The third-order valence-corrected chi connectivity index (χ3v) is 3.57. The number of rotatable bonds is 6. The smallest absolute Gasteiger partial charge is 0.313 e. The van der Waals surface area contributed by atoms with Gasteiger partial charge in [-0.1, -0.05) is 24.3 Å². The summed E-state index contributed by atoms with van der Waals surface area (Å²) in [4.78, 5) is 35.1. The highest BCUT2D eigenvalue weighted by molar-refractivity contribution is 6.39. The van der Waals surface area contributed by atoms with Gasteiger partial charge in [0.1, 0.15) is 5.75 Å². The lowest BCUT2D eigenvalue weighted by Crippen LogP contribution is -2.36. The summed E-state index contributed by atoms with van der Waals surface area (Å²) in [5, 5.41) is 5.05. The normalized spacial score (nSPS) is 10.0. The van der Waals surface area contributed by atoms with Crippen LogP contribution in [0.2, 0.25) is 0 Å². The minimum absolute atomic E-state index is 0.112. The monoisotopic (exact) mass is 340 g/mol. The summed E-state index contributed by atoms with van der Waals surface area (Å²) >= 11 is 0. The van der Waals surface area contributed by atoms with Crippen LogP contribution in [-0.4, -0.2) is 31.3 Å². The predicted octanol–water partition coefficient (Wildman–Crippen LogP) is 2.20. The van der Waals surface area contributed by atoms with E-state index in [-0.39, 0.29) is 5.78 Å². The molecule has 0 fully saturated rings. The van der Waals surface area contributed by atoms with Gasteiger partial charge in [-0.2, -0.15) is 0 Å². The number of carbonyl (C=O) groups is 3. The molecular formula is C19H20N2O4. The van der Waals surface area contributed by atoms with Crippen molar-refractivity contribution in [3.63, 3.8) is 0 Å². The van der Waals surface area contributed by atoms with E-state index in [0.29, 0.717) is 24.2 Å². The van der Waals surface area contributed by atoms with Gasteiger partial charge >= 0.3 is 11.8 Å². The Bertz CT molecular complexity index is 786. The van der Waals surface area contributed by atoms with Crippen molar-refractivity contribution in [2.24, 2.45) is 0 Å². The molecule has 25 heavy (non-hydrogen) atoms. The van der Waals surface area contributed by atoms with Gasteiger partial charge in [0.15, 0.2) is 5.78 Å². The average molecular weight is 340 g/mol. The molecule has 0 heterocycles. The third-order valence-electron chi connectivity index (χ3n) is 3.57. The second kappa shape index (κ2) is 8.63. The minimum Gasteiger partial charge on any atom is -0.497 e. The highest BCUT2D eigenvalue weighted by atomic mass is 16.5. The summed E-state index contributed by atoms with van der Waals surface area (Å²) in [5.41, 5.74) is 1.87. The molecule has 0 unspecified atom stereocenters. The molecule has 2 aromatic carbocycles. The fourth-order valence-corrected chi connectivity index (χ4v) is 2.23. The maximum atomic E-state index is 11.9. The first-order valence-electron chi connectivity index (χ1n) is 7.82. The van der Waals surface area contributed by atoms with Crippen molar-refractivity contribution >= 4 is 23.3 Å². The van der Waals surface area contributed by atoms with Gasteiger partial charge in [0.2, 0.25) is 0 Å². The molecule has 0 aliphatic carbocycles. The number of methoxy groups -OCH3 is 1. The van der Waals surface area contributed by atoms with Crippen molar-refractivity contribution in [3.05, 3.63) is 59.7 Å². The van der Waals surface area contributed by atoms with Gasteiger partial charge in [-0.25, -0.2) is 0 Å². The molecule has 0 bridgehead atoms. The number of benzene rings is 2. The Morgan fingerprint density at radius 2 is 1.76 bits per heavy atom. The molecule has 0 atom stereocenters. The highest BCUT2D eigenvalue weighted by Gasteiger charge is 2.13. The SMILES string of the molecule is COc1cccc(CCNC(=O)C(=O)Nc2cccc(C(C)=O)c2)c1. The summed E-state index contributed by atoms with van der Waals surface area (Å²) in [5.74, 6) is -0.867. The number of nitrogens with one attached hydrogen (secondary N) is 2. The maximum Gasteiger partial charge on any atom is 0.313 e. The number of carbonyl (C=O) groups excluding carboxylic acids is 3. The van der Waals surface area contributed by atoms with E-state index in [9.17, 15) is 14.4 Å². The van der Waals surface area contributed by atoms with Crippen LogP contribution in [0.4, 0.5) is 5.69 Å². The third kappa shape index (κ3) is 5.46. The quantitative estimate of drug-likeness (QED) is 0.624. The molecule has 2 N–H and O–H groups in total. The molecule has 2 aromatic rings. The van der Waals surface area contributed by atoms with Gasteiger partial charge in [0.05, 0.1) is 7.11 Å². The van der Waals surface area contributed by atoms with Gasteiger partial charge in [0, 0.05) is 17.8 Å². The van der Waals surface area contributed by atoms with Crippen molar-refractivity contribution in [1.29, 1.82) is 0 Å². The van der Waals surface area contributed by atoms with E-state index < -0.39 is 11.8 Å². The Kier molecular flexibility index (Phi) is 6.28. The predicted molar refractivity (Wildman–Crippen MR) is 94.8 cm³/mol. The van der Waals surface area contributed by atoms with Gasteiger partial charge in [-0.15, -0.1) is 0 Å². The first-order chi connectivity index (χ1) is 12.0. The topological polar surface area (TPSA) is 84.5 Å². The number of anilines is 1. The molecule has 0 spiro atoms. The van der Waals surface area contributed by atoms with Crippen molar-refractivity contribution in [2.75, 3.05) is 19.0 Å². The van der Waals surface area contributed by atoms with Crippen LogP contribution in [0.25, 0.3) is 0 Å². The number of hydrogen-bond acceptors (Lipinski definition) is 4. The van der Waals surface area contributed by atoms with Gasteiger partial charge < -0.3 is 15.4 Å². The van der Waals surface area contributed by atoms with Gasteiger partial charge in [0.25, 0.3) is 0 Å². The molecule has 2 rings (SSSR count). The number of ether oxygens (including phenoxy) is 1. The Hall–Kier alpha value is -3.15. The number of ketones is 1. The van der Waals surface area contributed by atoms with Crippen molar-refractivity contribution < 1.29 is 19.1 Å². The van der Waals surface area contributed by atoms with Gasteiger partial charge in [-0.3, -0.25) is 14.4 Å². The standard InChI is InChI=1S/C19H20N2O4/c1-13(22)15-6-4-7-16(12-15)21-19(24)18(23)20-10-9-14-5-3-8-17(11-14)25-2/h3-8,11-12H,9-10H2,1-2H3,(H,20,23)(H,21,24). The maximum absolute atomic E-state index is 11.9. The molecule has 0 aliphatic heterocycles. The highest BCUT2D eigenvalue weighted by Crippen LogP contribution is 2.13. The number of amides is 2. The largest absolute Gasteiger partial charge is 0.497 e. The van der Waals surface area contributed by atoms with Crippen LogP contribution < -0.4 is 15.4 Å². The zero-order valence-corrected chi connectivity index (χ0v) is 14.2. The molecular weight excluding hydrogens is 320 g/mol. The lowest BCUT2D eigenvalue weighted by molar-refractivity contribution is -0.136. The van der Waals surface area contributed by atoms with E-state index in [4.69, 9.17) is 4.74 Å². The fraction of sp³-hybridized carbons (Fsp3) is 0.211. The fourth-order valence-electron chi connectivity index (χ4n) is 2.23. The summed E-state index contributed by atoms with van der Waals surface area (Å²) in [7, 11) is 1.59. The molecule has 6 nitrogen and oxygen atoms in total. The number of Topliss-reactive ketones (excluding diaryl/α,β-unsaturated/α-hetero) is 1. The molecule has 6 heteroatoms. The molecule has 2 amide bonds. The van der Waals surface area contributed by atoms with Crippen molar-refractivity contribution in [1.82, 2.24) is 5.32 Å². The first-order valence-corrected chi connectivity index (χ1v) is 7.82. The van der Waals surface area contributed by atoms with Crippen LogP contribution in [0.3, 0.4) is 0 Å². The van der Waals surface area contributed by atoms with Crippen LogP contribution in [0.1, 0.15) is 22.8 Å². The second-order valence-corrected chi connectivity index (χ2v) is 5.45. The summed E-state index contributed by atoms with van der Waals surface area (Å²) in [6, 6.07) is 13.9. The van der Waals surface area contributed by atoms with Crippen molar-refractivity contribution in [2.45, 2.75) is 13.3 Å². The van der Waals surface area contributed by atoms with Crippen LogP contribution in [0.15, 0.2) is 48.5 Å². The van der Waals surface area contributed by atoms with E-state index in [1.807, 2.05) is 24.3 Å². The van der Waals surface area contributed by atoms with Crippen LogP contribution in [0.5, 0.6) is 5.75 Å². The summed E-state index contributed by atoms with van der Waals surface area (Å²) in [6.07, 6.45) is 0.579. The molecule has 130 valence electrons. The zero-order valence-electron chi connectivity index (χ0n) is 14.2. The van der Waals surface area contributed by atoms with E-state index >= 15 is 0 Å². The minimum atomic E-state index is -0.772. The lowest BCUT2D eigenvalue weighted by atomic mass is 10.1. The van der Waals surface area contributed by atoms with E-state index in [0.717, 1.165) is 11.3 Å². The Labute approximate surface area is 146 Å². The van der Waals surface area contributed by atoms with Crippen LogP contribution in [0, 0.1) is 0 Å². The van der Waals surface area contributed by atoms with Gasteiger partial charge in [-0.05, 0) is 43.2 Å². The second-order valence-electron chi connectivity index (χ2n) is 5.45. The summed E-state index contributed by atoms with van der Waals surface area (Å²) in [6.45, 7) is 1.76. The molecule has 0 saturated carbocycles. The van der Waals surface area contributed by atoms with Crippen LogP contribution in [-0.2, 0) is 16.0 Å².